The van der Waals surface area contributed by atoms with Crippen LogP contribution in [0.2, 0.25) is 0 Å². The minimum atomic E-state index is -0.254. The zero-order valence-electron chi connectivity index (χ0n) is 9.97. The highest BCUT2D eigenvalue weighted by Crippen LogP contribution is 2.20. The summed E-state index contributed by atoms with van der Waals surface area (Å²) in [6.07, 6.45) is 0. The first-order valence-corrected chi connectivity index (χ1v) is 5.53. The number of benzene rings is 2. The van der Waals surface area contributed by atoms with Crippen LogP contribution in [0.25, 0.3) is 0 Å². The third-order valence-corrected chi connectivity index (χ3v) is 2.67. The van der Waals surface area contributed by atoms with Crippen LogP contribution in [0.15, 0.2) is 42.5 Å². The Balaban J connectivity index is 2.22. The van der Waals surface area contributed by atoms with Gasteiger partial charge in [-0.15, -0.1) is 0 Å². The number of hydrogen-bond acceptors (Lipinski definition) is 3. The van der Waals surface area contributed by atoms with E-state index in [2.05, 4.69) is 5.32 Å². The smallest absolute Gasteiger partial charge is 0.255 e. The average Bonchev–Trinajstić information content (AvgIpc) is 2.35. The lowest BCUT2D eigenvalue weighted by Gasteiger charge is -2.08. The van der Waals surface area contributed by atoms with Crippen LogP contribution < -0.4 is 11.1 Å². The van der Waals surface area contributed by atoms with Crippen molar-refractivity contribution in [2.45, 2.75) is 6.92 Å². The van der Waals surface area contributed by atoms with E-state index in [1.165, 1.54) is 6.07 Å². The number of rotatable bonds is 2. The number of hydrogen-bond donors (Lipinski definition) is 3. The average molecular weight is 242 g/mol. The summed E-state index contributed by atoms with van der Waals surface area (Å²) in [6, 6.07) is 11.8. The van der Waals surface area contributed by atoms with Crippen molar-refractivity contribution in [1.29, 1.82) is 0 Å². The van der Waals surface area contributed by atoms with Crippen LogP contribution in [0, 0.1) is 6.92 Å². The number of aromatic hydroxyl groups is 1. The van der Waals surface area contributed by atoms with Gasteiger partial charge in [0, 0.05) is 5.56 Å². The Hall–Kier alpha value is -2.49. The van der Waals surface area contributed by atoms with E-state index in [0.29, 0.717) is 22.5 Å². The van der Waals surface area contributed by atoms with Gasteiger partial charge in [0.05, 0.1) is 11.4 Å². The molecule has 0 saturated carbocycles. The molecule has 0 aliphatic carbocycles. The van der Waals surface area contributed by atoms with Crippen molar-refractivity contribution in [3.8, 4) is 5.75 Å². The maximum Gasteiger partial charge on any atom is 0.255 e. The highest BCUT2D eigenvalue weighted by Gasteiger charge is 2.09. The first-order valence-electron chi connectivity index (χ1n) is 5.53. The van der Waals surface area contributed by atoms with Gasteiger partial charge in [0.25, 0.3) is 5.91 Å². The summed E-state index contributed by atoms with van der Waals surface area (Å²) in [6.45, 7) is 1.74. The quantitative estimate of drug-likeness (QED) is 0.708. The van der Waals surface area contributed by atoms with Crippen LogP contribution >= 0.6 is 0 Å². The molecule has 0 aromatic heterocycles. The number of carbonyl (C=O) groups excluding carboxylic acids is 1. The molecule has 0 aliphatic heterocycles. The number of nitrogens with two attached hydrogens (primary N) is 1. The number of nitrogen functional groups attached to an aromatic ring is 1. The third-order valence-electron chi connectivity index (χ3n) is 2.67. The Morgan fingerprint density at radius 2 is 1.94 bits per heavy atom. The number of phenols is 1. The first-order chi connectivity index (χ1) is 8.58. The topological polar surface area (TPSA) is 75.4 Å². The van der Waals surface area contributed by atoms with Crippen molar-refractivity contribution >= 4 is 17.3 Å². The number of para-hydroxylation sites is 2. The Morgan fingerprint density at radius 1 is 1.22 bits per heavy atom. The summed E-state index contributed by atoms with van der Waals surface area (Å²) in [5.41, 5.74) is 7.97. The fraction of sp³-hybridized carbons (Fsp3) is 0.0714. The minimum Gasteiger partial charge on any atom is -0.508 e. The number of carbonyl (C=O) groups is 1. The zero-order chi connectivity index (χ0) is 13.1. The van der Waals surface area contributed by atoms with Gasteiger partial charge >= 0.3 is 0 Å². The van der Waals surface area contributed by atoms with Gasteiger partial charge in [0.2, 0.25) is 0 Å². The molecule has 4 heteroatoms. The lowest BCUT2D eigenvalue weighted by atomic mass is 10.1. The van der Waals surface area contributed by atoms with Crippen molar-refractivity contribution in [2.75, 3.05) is 11.1 Å². The molecule has 0 aliphatic rings. The first kappa shape index (κ1) is 12.0. The molecule has 0 saturated heterocycles. The van der Waals surface area contributed by atoms with E-state index in [1.807, 2.05) is 0 Å². The molecule has 4 nitrogen and oxygen atoms in total. The molecule has 2 rings (SSSR count). The number of aryl methyl sites for hydroxylation is 1. The molecule has 0 spiro atoms. The summed E-state index contributed by atoms with van der Waals surface area (Å²) in [7, 11) is 0. The van der Waals surface area contributed by atoms with Crippen molar-refractivity contribution in [1.82, 2.24) is 0 Å². The number of amides is 1. The molecule has 0 heterocycles. The molecule has 0 bridgehead atoms. The van der Waals surface area contributed by atoms with E-state index in [1.54, 1.807) is 43.3 Å². The lowest BCUT2D eigenvalue weighted by molar-refractivity contribution is 0.102. The van der Waals surface area contributed by atoms with E-state index in [9.17, 15) is 9.90 Å². The monoisotopic (exact) mass is 242 g/mol. The Bertz CT molecular complexity index is 594. The summed E-state index contributed by atoms with van der Waals surface area (Å²) in [5, 5.41) is 12.1. The van der Waals surface area contributed by atoms with E-state index < -0.39 is 0 Å². The predicted molar refractivity (Wildman–Crippen MR) is 71.7 cm³/mol. The second kappa shape index (κ2) is 4.79. The molecular formula is C14H14N2O2. The Labute approximate surface area is 105 Å². The van der Waals surface area contributed by atoms with Crippen LogP contribution in [0.4, 0.5) is 11.4 Å². The SMILES string of the molecule is Cc1cc(C(=O)Nc2ccccc2N)ccc1O. The van der Waals surface area contributed by atoms with Gasteiger partial charge in [-0.1, -0.05) is 12.1 Å². The van der Waals surface area contributed by atoms with Crippen molar-refractivity contribution in [3.05, 3.63) is 53.6 Å². The van der Waals surface area contributed by atoms with Crippen LogP contribution in [-0.2, 0) is 0 Å². The molecule has 0 atom stereocenters. The molecule has 4 N–H and O–H groups in total. The Kier molecular flexibility index (Phi) is 3.19. The summed E-state index contributed by atoms with van der Waals surface area (Å²) in [4.78, 5) is 12.0. The van der Waals surface area contributed by atoms with Gasteiger partial charge in [-0.2, -0.15) is 0 Å². The number of nitrogens with one attached hydrogen (secondary N) is 1. The molecule has 0 radical (unpaired) electrons. The van der Waals surface area contributed by atoms with Crippen LogP contribution in [0.5, 0.6) is 5.75 Å². The molecular weight excluding hydrogens is 228 g/mol. The molecule has 1 amide bonds. The fourth-order valence-corrected chi connectivity index (χ4v) is 1.60. The zero-order valence-corrected chi connectivity index (χ0v) is 9.97. The van der Waals surface area contributed by atoms with Crippen molar-refractivity contribution in [2.24, 2.45) is 0 Å². The Morgan fingerprint density at radius 3 is 2.61 bits per heavy atom. The van der Waals surface area contributed by atoms with E-state index in [0.717, 1.165) is 0 Å². The highest BCUT2D eigenvalue weighted by molar-refractivity contribution is 6.05. The van der Waals surface area contributed by atoms with Gasteiger partial charge in [-0.25, -0.2) is 0 Å². The van der Waals surface area contributed by atoms with Crippen LogP contribution in [-0.4, -0.2) is 11.0 Å². The van der Waals surface area contributed by atoms with Gasteiger partial charge in [-0.05, 0) is 42.8 Å². The minimum absolute atomic E-state index is 0.172. The fourth-order valence-electron chi connectivity index (χ4n) is 1.60. The van der Waals surface area contributed by atoms with Crippen molar-refractivity contribution < 1.29 is 9.90 Å². The van der Waals surface area contributed by atoms with E-state index in [4.69, 9.17) is 5.73 Å². The predicted octanol–water partition coefficient (Wildman–Crippen LogP) is 2.54. The third kappa shape index (κ3) is 2.43. The number of phenolic OH excluding ortho intramolecular Hbond substituents is 1. The molecule has 0 unspecified atom stereocenters. The normalized spacial score (nSPS) is 10.1. The van der Waals surface area contributed by atoms with E-state index in [-0.39, 0.29) is 11.7 Å². The number of anilines is 2. The second-order valence-corrected chi connectivity index (χ2v) is 4.04. The van der Waals surface area contributed by atoms with Gasteiger partial charge in [-0.3, -0.25) is 4.79 Å². The van der Waals surface area contributed by atoms with Crippen LogP contribution in [0.1, 0.15) is 15.9 Å². The second-order valence-electron chi connectivity index (χ2n) is 4.04. The maximum atomic E-state index is 12.0. The van der Waals surface area contributed by atoms with Gasteiger partial charge < -0.3 is 16.2 Å². The summed E-state index contributed by atoms with van der Waals surface area (Å²) >= 11 is 0. The molecule has 2 aromatic carbocycles. The lowest BCUT2D eigenvalue weighted by Crippen LogP contribution is -2.13. The summed E-state index contributed by atoms with van der Waals surface area (Å²) < 4.78 is 0. The molecule has 0 fully saturated rings. The summed E-state index contributed by atoms with van der Waals surface area (Å²) in [5.74, 6) is -0.0817. The standard InChI is InChI=1S/C14H14N2O2/c1-9-8-10(6-7-13(9)17)14(18)16-12-5-3-2-4-11(12)15/h2-8,17H,15H2,1H3,(H,16,18). The maximum absolute atomic E-state index is 12.0. The highest BCUT2D eigenvalue weighted by atomic mass is 16.3. The van der Waals surface area contributed by atoms with E-state index >= 15 is 0 Å². The molecule has 18 heavy (non-hydrogen) atoms. The molecule has 2 aromatic rings. The van der Waals surface area contributed by atoms with Gasteiger partial charge in [0.15, 0.2) is 0 Å². The van der Waals surface area contributed by atoms with Crippen molar-refractivity contribution in [3.63, 3.8) is 0 Å². The molecule has 92 valence electrons. The van der Waals surface area contributed by atoms with Gasteiger partial charge in [0.1, 0.15) is 5.75 Å². The van der Waals surface area contributed by atoms with Crippen LogP contribution in [0.3, 0.4) is 0 Å². The largest absolute Gasteiger partial charge is 0.508 e.